The number of carbonyl (C=O) groups is 2. The summed E-state index contributed by atoms with van der Waals surface area (Å²) in [6, 6.07) is 13.3. The molecule has 0 aromatic heterocycles. The second-order valence-electron chi connectivity index (χ2n) is 6.96. The molecule has 28 heavy (non-hydrogen) atoms. The number of esters is 1. The van der Waals surface area contributed by atoms with Gasteiger partial charge >= 0.3 is 5.97 Å². The van der Waals surface area contributed by atoms with E-state index in [9.17, 15) is 14.0 Å². The Morgan fingerprint density at radius 3 is 2.68 bits per heavy atom. The van der Waals surface area contributed by atoms with Gasteiger partial charge in [-0.05, 0) is 56.1 Å². The first-order valence-electron chi connectivity index (χ1n) is 9.60. The first-order valence-corrected chi connectivity index (χ1v) is 9.60. The Kier molecular flexibility index (Phi) is 6.76. The molecule has 1 fully saturated rings. The summed E-state index contributed by atoms with van der Waals surface area (Å²) in [5.41, 5.74) is 1.86. The number of anilines is 1. The monoisotopic (exact) mass is 384 g/mol. The van der Waals surface area contributed by atoms with E-state index in [2.05, 4.69) is 10.2 Å². The van der Waals surface area contributed by atoms with Crippen molar-refractivity contribution in [2.24, 2.45) is 5.92 Å². The molecule has 0 saturated carbocycles. The zero-order chi connectivity index (χ0) is 19.9. The molecule has 6 heteroatoms. The summed E-state index contributed by atoms with van der Waals surface area (Å²) in [7, 11) is 0. The first-order chi connectivity index (χ1) is 13.6. The highest BCUT2D eigenvalue weighted by Crippen LogP contribution is 2.22. The number of nitrogens with zero attached hydrogens (tertiary/aromatic N) is 1. The van der Waals surface area contributed by atoms with E-state index in [4.69, 9.17) is 4.74 Å². The molecule has 1 atom stereocenters. The summed E-state index contributed by atoms with van der Waals surface area (Å²) < 4.78 is 18.1. The second-order valence-corrected chi connectivity index (χ2v) is 6.96. The van der Waals surface area contributed by atoms with Crippen LogP contribution in [-0.2, 0) is 16.1 Å². The molecular weight excluding hydrogens is 359 g/mol. The van der Waals surface area contributed by atoms with Crippen LogP contribution in [0.2, 0.25) is 0 Å². The van der Waals surface area contributed by atoms with Crippen molar-refractivity contribution in [3.8, 4) is 0 Å². The number of hydrogen-bond donors (Lipinski definition) is 1. The molecule has 0 aliphatic carbocycles. The van der Waals surface area contributed by atoms with Gasteiger partial charge < -0.3 is 10.1 Å². The van der Waals surface area contributed by atoms with Crippen molar-refractivity contribution in [3.05, 3.63) is 65.5 Å². The number of likely N-dealkylation sites (tertiary alicyclic amines) is 1. The number of para-hydroxylation sites is 1. The predicted octanol–water partition coefficient (Wildman–Crippen LogP) is 3.85. The summed E-state index contributed by atoms with van der Waals surface area (Å²) in [5.74, 6) is -0.954. The highest BCUT2D eigenvalue weighted by molar-refractivity contribution is 6.01. The van der Waals surface area contributed by atoms with Crippen LogP contribution in [0.25, 0.3) is 0 Å². The minimum absolute atomic E-state index is 0.0967. The number of carbonyl (C=O) groups excluding carboxylic acids is 2. The Morgan fingerprint density at radius 2 is 1.93 bits per heavy atom. The SMILES string of the molecule is CCOC(=O)c1ccccc1NC(=O)[C@H]1CCCN(Cc2ccc(F)cc2)C1. The van der Waals surface area contributed by atoms with Gasteiger partial charge in [-0.25, -0.2) is 9.18 Å². The average molecular weight is 384 g/mol. The van der Waals surface area contributed by atoms with Crippen molar-refractivity contribution in [1.29, 1.82) is 0 Å². The maximum Gasteiger partial charge on any atom is 0.340 e. The normalized spacial score (nSPS) is 17.1. The Labute approximate surface area is 164 Å². The van der Waals surface area contributed by atoms with Crippen LogP contribution < -0.4 is 5.32 Å². The van der Waals surface area contributed by atoms with Crippen molar-refractivity contribution >= 4 is 17.6 Å². The fourth-order valence-corrected chi connectivity index (χ4v) is 3.47. The summed E-state index contributed by atoms with van der Waals surface area (Å²) >= 11 is 0. The summed E-state index contributed by atoms with van der Waals surface area (Å²) in [6.07, 6.45) is 1.71. The maximum atomic E-state index is 13.1. The van der Waals surface area contributed by atoms with E-state index in [0.29, 0.717) is 24.3 Å². The highest BCUT2D eigenvalue weighted by atomic mass is 19.1. The predicted molar refractivity (Wildman–Crippen MR) is 105 cm³/mol. The highest BCUT2D eigenvalue weighted by Gasteiger charge is 2.26. The standard InChI is InChI=1S/C22H25FN2O3/c1-2-28-22(27)19-7-3-4-8-20(19)24-21(26)17-6-5-13-25(15-17)14-16-9-11-18(23)12-10-16/h3-4,7-12,17H,2,5-6,13-15H2,1H3,(H,24,26)/t17-/m0/s1. The van der Waals surface area contributed by atoms with Crippen molar-refractivity contribution in [1.82, 2.24) is 4.90 Å². The number of halogens is 1. The Balaban J connectivity index is 1.63. The van der Waals surface area contributed by atoms with Crippen LogP contribution in [0.3, 0.4) is 0 Å². The van der Waals surface area contributed by atoms with Crippen LogP contribution >= 0.6 is 0 Å². The Hall–Kier alpha value is -2.73. The fraction of sp³-hybridized carbons (Fsp3) is 0.364. The summed E-state index contributed by atoms with van der Waals surface area (Å²) in [4.78, 5) is 27.1. The van der Waals surface area contributed by atoms with Crippen LogP contribution in [0.4, 0.5) is 10.1 Å². The molecule has 0 bridgehead atoms. The number of ether oxygens (including phenoxy) is 1. The van der Waals surface area contributed by atoms with E-state index < -0.39 is 5.97 Å². The van der Waals surface area contributed by atoms with Crippen LogP contribution in [-0.4, -0.2) is 36.5 Å². The smallest absolute Gasteiger partial charge is 0.340 e. The molecule has 0 spiro atoms. The van der Waals surface area contributed by atoms with Crippen molar-refractivity contribution < 1.29 is 18.7 Å². The van der Waals surface area contributed by atoms with E-state index in [0.717, 1.165) is 24.9 Å². The average Bonchev–Trinajstić information content (AvgIpc) is 2.70. The quantitative estimate of drug-likeness (QED) is 0.769. The van der Waals surface area contributed by atoms with E-state index in [1.54, 1.807) is 43.3 Å². The number of piperidine rings is 1. The molecule has 2 aromatic carbocycles. The number of rotatable bonds is 6. The third-order valence-electron chi connectivity index (χ3n) is 4.88. The van der Waals surface area contributed by atoms with Crippen LogP contribution in [0.5, 0.6) is 0 Å². The van der Waals surface area contributed by atoms with Crippen molar-refractivity contribution in [2.45, 2.75) is 26.3 Å². The zero-order valence-electron chi connectivity index (χ0n) is 16.0. The van der Waals surface area contributed by atoms with E-state index >= 15 is 0 Å². The van der Waals surface area contributed by atoms with E-state index in [-0.39, 0.29) is 24.2 Å². The summed E-state index contributed by atoms with van der Waals surface area (Å²) in [5, 5.41) is 2.90. The maximum absolute atomic E-state index is 13.1. The third-order valence-corrected chi connectivity index (χ3v) is 4.88. The van der Waals surface area contributed by atoms with Gasteiger partial charge in [0.1, 0.15) is 5.82 Å². The van der Waals surface area contributed by atoms with Gasteiger partial charge in [-0.2, -0.15) is 0 Å². The summed E-state index contributed by atoms with van der Waals surface area (Å²) in [6.45, 7) is 4.24. The van der Waals surface area contributed by atoms with Gasteiger partial charge in [0, 0.05) is 13.1 Å². The molecule has 1 amide bonds. The van der Waals surface area contributed by atoms with Gasteiger partial charge in [-0.1, -0.05) is 24.3 Å². The lowest BCUT2D eigenvalue weighted by Crippen LogP contribution is -2.40. The zero-order valence-corrected chi connectivity index (χ0v) is 16.0. The van der Waals surface area contributed by atoms with Crippen LogP contribution in [0.1, 0.15) is 35.7 Å². The lowest BCUT2D eigenvalue weighted by atomic mass is 9.96. The van der Waals surface area contributed by atoms with Crippen LogP contribution in [0, 0.1) is 11.7 Å². The van der Waals surface area contributed by atoms with Gasteiger partial charge in [0.15, 0.2) is 0 Å². The van der Waals surface area contributed by atoms with E-state index in [1.165, 1.54) is 12.1 Å². The fourth-order valence-electron chi connectivity index (χ4n) is 3.47. The molecule has 2 aromatic rings. The lowest BCUT2D eigenvalue weighted by Gasteiger charge is -2.32. The molecule has 1 saturated heterocycles. The number of nitrogens with one attached hydrogen (secondary N) is 1. The molecule has 1 heterocycles. The lowest BCUT2D eigenvalue weighted by molar-refractivity contribution is -0.121. The van der Waals surface area contributed by atoms with Gasteiger partial charge in [-0.3, -0.25) is 9.69 Å². The number of amides is 1. The van der Waals surface area contributed by atoms with Crippen molar-refractivity contribution in [2.75, 3.05) is 25.0 Å². The van der Waals surface area contributed by atoms with Gasteiger partial charge in [0.25, 0.3) is 0 Å². The second kappa shape index (κ2) is 9.46. The number of hydrogen-bond acceptors (Lipinski definition) is 4. The molecule has 3 rings (SSSR count). The van der Waals surface area contributed by atoms with Crippen LogP contribution in [0.15, 0.2) is 48.5 Å². The Bertz CT molecular complexity index is 823. The van der Waals surface area contributed by atoms with Gasteiger partial charge in [0.05, 0.1) is 23.8 Å². The molecule has 5 nitrogen and oxygen atoms in total. The minimum Gasteiger partial charge on any atom is -0.462 e. The minimum atomic E-state index is -0.444. The molecule has 0 radical (unpaired) electrons. The third kappa shape index (κ3) is 5.16. The molecule has 148 valence electrons. The van der Waals surface area contributed by atoms with Crippen molar-refractivity contribution in [3.63, 3.8) is 0 Å². The molecular formula is C22H25FN2O3. The Morgan fingerprint density at radius 1 is 1.18 bits per heavy atom. The van der Waals surface area contributed by atoms with Gasteiger partial charge in [0.2, 0.25) is 5.91 Å². The topological polar surface area (TPSA) is 58.6 Å². The molecule has 0 unspecified atom stereocenters. The van der Waals surface area contributed by atoms with E-state index in [1.807, 2.05) is 0 Å². The molecule has 1 N–H and O–H groups in total. The first kappa shape index (κ1) is 20.0. The number of benzene rings is 2. The van der Waals surface area contributed by atoms with Gasteiger partial charge in [-0.15, -0.1) is 0 Å². The largest absolute Gasteiger partial charge is 0.462 e. The molecule has 1 aliphatic rings. The molecule has 1 aliphatic heterocycles.